The average molecular weight is 214 g/mol. The van der Waals surface area contributed by atoms with Gasteiger partial charge < -0.3 is 0 Å². The second-order valence-electron chi connectivity index (χ2n) is 4.29. The normalized spacial score (nSPS) is 14.1. The Morgan fingerprint density at radius 3 is 2.29 bits per heavy atom. The molecule has 0 spiro atoms. The molecule has 1 nitrogen and oxygen atoms in total. The van der Waals surface area contributed by atoms with Gasteiger partial charge in [-0.3, -0.25) is 4.21 Å². The van der Waals surface area contributed by atoms with E-state index in [1.54, 1.807) is 13.0 Å². The zero-order chi connectivity index (χ0) is 10.9. The van der Waals surface area contributed by atoms with Crippen molar-refractivity contribution in [1.82, 2.24) is 0 Å². The molecule has 0 saturated heterocycles. The summed E-state index contributed by atoms with van der Waals surface area (Å²) >= 11 is 0. The van der Waals surface area contributed by atoms with E-state index < -0.39 is 10.8 Å². The van der Waals surface area contributed by atoms with Gasteiger partial charge in [0.15, 0.2) is 0 Å². The maximum atomic E-state index is 12.8. The second-order valence-corrected chi connectivity index (χ2v) is 6.49. The van der Waals surface area contributed by atoms with Gasteiger partial charge in [0, 0.05) is 9.64 Å². The van der Waals surface area contributed by atoms with E-state index in [4.69, 9.17) is 0 Å². The summed E-state index contributed by atoms with van der Waals surface area (Å²) in [7, 11) is -1.09. The molecule has 0 amide bonds. The molecule has 1 unspecified atom stereocenters. The minimum absolute atomic E-state index is 0.280. The largest absolute Gasteiger partial charge is 0.254 e. The second kappa shape index (κ2) is 3.81. The summed E-state index contributed by atoms with van der Waals surface area (Å²) in [6.45, 7) is 7.51. The lowest BCUT2D eigenvalue weighted by molar-refractivity contribution is 0.623. The lowest BCUT2D eigenvalue weighted by Gasteiger charge is -2.19. The van der Waals surface area contributed by atoms with Crippen molar-refractivity contribution in [3.05, 3.63) is 29.6 Å². The van der Waals surface area contributed by atoms with Crippen molar-refractivity contribution in [2.45, 2.75) is 37.3 Å². The maximum Gasteiger partial charge on any atom is 0.123 e. The molecule has 0 aromatic heterocycles. The Bertz CT molecular complexity index is 366. The average Bonchev–Trinajstić information content (AvgIpc) is 2.01. The van der Waals surface area contributed by atoms with E-state index in [2.05, 4.69) is 0 Å². The summed E-state index contributed by atoms with van der Waals surface area (Å²) in [6, 6.07) is 4.37. The molecule has 1 aromatic rings. The van der Waals surface area contributed by atoms with E-state index >= 15 is 0 Å². The molecule has 0 saturated carbocycles. The zero-order valence-corrected chi connectivity index (χ0v) is 9.74. The smallest absolute Gasteiger partial charge is 0.123 e. The van der Waals surface area contributed by atoms with E-state index in [-0.39, 0.29) is 10.6 Å². The quantitative estimate of drug-likeness (QED) is 0.702. The zero-order valence-electron chi connectivity index (χ0n) is 8.93. The Labute approximate surface area is 86.8 Å². The number of benzene rings is 1. The highest BCUT2D eigenvalue weighted by atomic mass is 32.2. The van der Waals surface area contributed by atoms with Crippen LogP contribution in [0.2, 0.25) is 0 Å². The fourth-order valence-electron chi connectivity index (χ4n) is 1.15. The van der Waals surface area contributed by atoms with Crippen LogP contribution in [-0.2, 0) is 10.8 Å². The molecule has 0 aliphatic rings. The highest BCUT2D eigenvalue weighted by Crippen LogP contribution is 2.23. The third-order valence-corrected chi connectivity index (χ3v) is 3.86. The van der Waals surface area contributed by atoms with Gasteiger partial charge in [0.05, 0.1) is 10.8 Å². The van der Waals surface area contributed by atoms with Crippen LogP contribution in [0.25, 0.3) is 0 Å². The minimum Gasteiger partial charge on any atom is -0.254 e. The van der Waals surface area contributed by atoms with E-state index in [0.717, 1.165) is 10.5 Å². The lowest BCUT2D eigenvalue weighted by Crippen LogP contribution is -2.22. The molecular weight excluding hydrogens is 199 g/mol. The molecule has 0 aliphatic heterocycles. The van der Waals surface area contributed by atoms with Crippen molar-refractivity contribution in [3.63, 3.8) is 0 Å². The van der Waals surface area contributed by atoms with E-state index in [1.807, 2.05) is 20.8 Å². The molecule has 1 aromatic carbocycles. The highest BCUT2D eigenvalue weighted by Gasteiger charge is 2.22. The molecule has 0 fully saturated rings. The summed E-state index contributed by atoms with van der Waals surface area (Å²) in [5.41, 5.74) is 0.748. The predicted octanol–water partition coefficient (Wildman–Crippen LogP) is 3.04. The van der Waals surface area contributed by atoms with Crippen LogP contribution in [0.15, 0.2) is 23.1 Å². The van der Waals surface area contributed by atoms with Gasteiger partial charge in [-0.15, -0.1) is 0 Å². The first-order valence-electron chi connectivity index (χ1n) is 4.50. The minimum atomic E-state index is -1.09. The Hall–Kier alpha value is -0.700. The Morgan fingerprint density at radius 2 is 1.86 bits per heavy atom. The monoisotopic (exact) mass is 214 g/mol. The number of rotatable bonds is 1. The Kier molecular flexibility index (Phi) is 3.10. The number of halogens is 1. The SMILES string of the molecule is Cc1cc(F)ccc1S(=O)C(C)(C)C. The van der Waals surface area contributed by atoms with Crippen LogP contribution in [0.1, 0.15) is 26.3 Å². The first kappa shape index (κ1) is 11.4. The van der Waals surface area contributed by atoms with Crippen LogP contribution >= 0.6 is 0 Å². The molecule has 1 rings (SSSR count). The van der Waals surface area contributed by atoms with E-state index in [0.29, 0.717) is 0 Å². The summed E-state index contributed by atoms with van der Waals surface area (Å²) < 4.78 is 24.5. The molecule has 0 radical (unpaired) electrons. The van der Waals surface area contributed by atoms with Crippen molar-refractivity contribution < 1.29 is 8.60 Å². The molecule has 0 bridgehead atoms. The molecule has 78 valence electrons. The van der Waals surface area contributed by atoms with Gasteiger partial charge >= 0.3 is 0 Å². The maximum absolute atomic E-state index is 12.8. The van der Waals surface area contributed by atoms with Gasteiger partial charge in [0.25, 0.3) is 0 Å². The van der Waals surface area contributed by atoms with Gasteiger partial charge in [-0.2, -0.15) is 0 Å². The van der Waals surface area contributed by atoms with Crippen LogP contribution in [-0.4, -0.2) is 8.96 Å². The van der Waals surface area contributed by atoms with E-state index in [9.17, 15) is 8.60 Å². The van der Waals surface area contributed by atoms with Crippen LogP contribution in [0.4, 0.5) is 4.39 Å². The molecule has 0 aliphatic carbocycles. The summed E-state index contributed by atoms with van der Waals surface area (Å²) in [6.07, 6.45) is 0. The molecule has 0 heterocycles. The lowest BCUT2D eigenvalue weighted by atomic mass is 10.2. The van der Waals surface area contributed by atoms with Crippen LogP contribution in [0.5, 0.6) is 0 Å². The third kappa shape index (κ3) is 2.41. The van der Waals surface area contributed by atoms with Crippen molar-refractivity contribution in [2.75, 3.05) is 0 Å². The first-order chi connectivity index (χ1) is 6.32. The summed E-state index contributed by atoms with van der Waals surface area (Å²) in [4.78, 5) is 0.721. The summed E-state index contributed by atoms with van der Waals surface area (Å²) in [5.74, 6) is -0.280. The first-order valence-corrected chi connectivity index (χ1v) is 5.65. The number of aryl methyl sites for hydroxylation is 1. The van der Waals surface area contributed by atoms with Crippen LogP contribution in [0.3, 0.4) is 0 Å². The van der Waals surface area contributed by atoms with Crippen molar-refractivity contribution in [2.24, 2.45) is 0 Å². The van der Waals surface area contributed by atoms with E-state index in [1.165, 1.54) is 12.1 Å². The summed E-state index contributed by atoms with van der Waals surface area (Å²) in [5, 5.41) is 0. The predicted molar refractivity (Wildman–Crippen MR) is 57.3 cm³/mol. The van der Waals surface area contributed by atoms with Gasteiger partial charge in [-0.1, -0.05) is 0 Å². The van der Waals surface area contributed by atoms with Gasteiger partial charge in [0.1, 0.15) is 5.82 Å². The third-order valence-electron chi connectivity index (χ3n) is 1.89. The van der Waals surface area contributed by atoms with Crippen LogP contribution < -0.4 is 0 Å². The van der Waals surface area contributed by atoms with Crippen molar-refractivity contribution in [3.8, 4) is 0 Å². The fraction of sp³-hybridized carbons (Fsp3) is 0.455. The standard InChI is InChI=1S/C11H15FOS/c1-8-7-9(12)5-6-10(8)14(13)11(2,3)4/h5-7H,1-4H3. The Morgan fingerprint density at radius 1 is 1.29 bits per heavy atom. The molecule has 14 heavy (non-hydrogen) atoms. The van der Waals surface area contributed by atoms with Crippen molar-refractivity contribution in [1.29, 1.82) is 0 Å². The van der Waals surface area contributed by atoms with Gasteiger partial charge in [-0.25, -0.2) is 4.39 Å². The van der Waals surface area contributed by atoms with Crippen LogP contribution in [0, 0.1) is 12.7 Å². The Balaban J connectivity index is 3.15. The van der Waals surface area contributed by atoms with Gasteiger partial charge in [0.2, 0.25) is 0 Å². The molecule has 1 atom stereocenters. The van der Waals surface area contributed by atoms with Crippen molar-refractivity contribution >= 4 is 10.8 Å². The molecule has 3 heteroatoms. The molecule has 0 N–H and O–H groups in total. The topological polar surface area (TPSA) is 17.1 Å². The highest BCUT2D eigenvalue weighted by molar-refractivity contribution is 7.86. The fourth-order valence-corrected chi connectivity index (χ4v) is 2.35. The number of hydrogen-bond acceptors (Lipinski definition) is 1. The molecular formula is C11H15FOS. The number of hydrogen-bond donors (Lipinski definition) is 0. The van der Waals surface area contributed by atoms with Gasteiger partial charge in [-0.05, 0) is 51.5 Å².